The molecule has 0 aliphatic heterocycles. The largest absolute Gasteiger partial charge is 0.480 e. The topological polar surface area (TPSA) is 83.6 Å². The van der Waals surface area contributed by atoms with Crippen LogP contribution in [-0.4, -0.2) is 40.0 Å². The first-order valence-corrected chi connectivity index (χ1v) is 9.36. The van der Waals surface area contributed by atoms with Crippen LogP contribution in [0.15, 0.2) is 52.3 Å². The minimum Gasteiger partial charge on any atom is -0.480 e. The fourth-order valence-corrected chi connectivity index (χ4v) is 3.42. The third-order valence-electron chi connectivity index (χ3n) is 4.36. The van der Waals surface area contributed by atoms with Gasteiger partial charge in [0.15, 0.2) is 0 Å². The van der Waals surface area contributed by atoms with Gasteiger partial charge in [-0.2, -0.15) is 0 Å². The highest BCUT2D eigenvalue weighted by molar-refractivity contribution is 7.13. The lowest BCUT2D eigenvalue weighted by Gasteiger charge is -2.24. The molecule has 3 rings (SSSR count). The highest BCUT2D eigenvalue weighted by Crippen LogP contribution is 2.26. The van der Waals surface area contributed by atoms with Crippen molar-refractivity contribution in [1.29, 1.82) is 0 Å². The SMILES string of the molecule is Cc1oc(-c2cccs2)nc1CC(=O)N(C)C(Cc1ccccc1)C(=O)O. The van der Waals surface area contributed by atoms with Crippen molar-refractivity contribution in [2.75, 3.05) is 7.05 Å². The van der Waals surface area contributed by atoms with Crippen LogP contribution in [0.4, 0.5) is 0 Å². The number of rotatable bonds is 7. The number of hydrogen-bond donors (Lipinski definition) is 1. The molecular formula is C20H20N2O4S. The van der Waals surface area contributed by atoms with Crippen LogP contribution >= 0.6 is 11.3 Å². The van der Waals surface area contributed by atoms with E-state index in [4.69, 9.17) is 4.42 Å². The predicted molar refractivity (Wildman–Crippen MR) is 103 cm³/mol. The van der Waals surface area contributed by atoms with E-state index in [-0.39, 0.29) is 18.7 Å². The summed E-state index contributed by atoms with van der Waals surface area (Å²) in [5.74, 6) is -0.305. The molecule has 0 spiro atoms. The fourth-order valence-electron chi connectivity index (χ4n) is 2.77. The van der Waals surface area contributed by atoms with Gasteiger partial charge in [-0.15, -0.1) is 11.3 Å². The Morgan fingerprint density at radius 3 is 2.59 bits per heavy atom. The van der Waals surface area contributed by atoms with Crippen molar-refractivity contribution in [2.24, 2.45) is 0 Å². The van der Waals surface area contributed by atoms with Gasteiger partial charge < -0.3 is 14.4 Å². The molecule has 1 unspecified atom stereocenters. The van der Waals surface area contributed by atoms with E-state index in [1.807, 2.05) is 47.8 Å². The summed E-state index contributed by atoms with van der Waals surface area (Å²) in [6, 6.07) is 12.1. The van der Waals surface area contributed by atoms with Gasteiger partial charge in [0.05, 0.1) is 17.0 Å². The lowest BCUT2D eigenvalue weighted by Crippen LogP contribution is -2.44. The Morgan fingerprint density at radius 1 is 1.22 bits per heavy atom. The van der Waals surface area contributed by atoms with E-state index >= 15 is 0 Å². The molecule has 0 saturated heterocycles. The average Bonchev–Trinajstić information content (AvgIpc) is 3.30. The van der Waals surface area contributed by atoms with Gasteiger partial charge in [0.1, 0.15) is 11.8 Å². The van der Waals surface area contributed by atoms with Gasteiger partial charge in [0.2, 0.25) is 11.8 Å². The Morgan fingerprint density at radius 2 is 1.96 bits per heavy atom. The number of nitrogens with zero attached hydrogens (tertiary/aromatic N) is 2. The number of carboxylic acid groups (broad SMARTS) is 1. The van der Waals surface area contributed by atoms with Crippen LogP contribution in [0.25, 0.3) is 10.8 Å². The second-order valence-electron chi connectivity index (χ2n) is 6.22. The zero-order valence-corrected chi connectivity index (χ0v) is 15.9. The summed E-state index contributed by atoms with van der Waals surface area (Å²) >= 11 is 1.50. The molecule has 2 aromatic heterocycles. The van der Waals surface area contributed by atoms with Gasteiger partial charge in [0, 0.05) is 13.5 Å². The third kappa shape index (κ3) is 4.43. The Kier molecular flexibility index (Phi) is 5.71. The van der Waals surface area contributed by atoms with Crippen LogP contribution in [0.1, 0.15) is 17.0 Å². The first-order chi connectivity index (χ1) is 13.0. The van der Waals surface area contributed by atoms with Crippen LogP contribution in [0.2, 0.25) is 0 Å². The van der Waals surface area contributed by atoms with Crippen LogP contribution in [0, 0.1) is 6.92 Å². The summed E-state index contributed by atoms with van der Waals surface area (Å²) in [4.78, 5) is 31.0. The number of aryl methyl sites for hydroxylation is 1. The molecule has 0 radical (unpaired) electrons. The molecule has 1 N–H and O–H groups in total. The van der Waals surface area contributed by atoms with E-state index in [1.54, 1.807) is 6.92 Å². The Bertz CT molecular complexity index is 919. The first kappa shape index (κ1) is 18.8. The zero-order chi connectivity index (χ0) is 19.4. The quantitative estimate of drug-likeness (QED) is 0.675. The van der Waals surface area contributed by atoms with Crippen molar-refractivity contribution in [3.8, 4) is 10.8 Å². The molecule has 1 amide bonds. The van der Waals surface area contributed by atoms with Crippen molar-refractivity contribution < 1.29 is 19.1 Å². The van der Waals surface area contributed by atoms with Gasteiger partial charge in [0.25, 0.3) is 0 Å². The normalized spacial score (nSPS) is 11.9. The molecule has 1 atom stereocenters. The zero-order valence-electron chi connectivity index (χ0n) is 15.1. The van der Waals surface area contributed by atoms with Gasteiger partial charge in [-0.05, 0) is 23.9 Å². The molecular weight excluding hydrogens is 364 g/mol. The number of carboxylic acids is 1. The summed E-state index contributed by atoms with van der Waals surface area (Å²) < 4.78 is 5.66. The number of likely N-dealkylation sites (N-methyl/N-ethyl adjacent to an activating group) is 1. The lowest BCUT2D eigenvalue weighted by atomic mass is 10.0. The smallest absolute Gasteiger partial charge is 0.326 e. The molecule has 27 heavy (non-hydrogen) atoms. The number of aromatic nitrogens is 1. The van der Waals surface area contributed by atoms with Gasteiger partial charge in [-0.25, -0.2) is 9.78 Å². The van der Waals surface area contributed by atoms with Gasteiger partial charge >= 0.3 is 5.97 Å². The van der Waals surface area contributed by atoms with Crippen molar-refractivity contribution in [1.82, 2.24) is 9.88 Å². The van der Waals surface area contributed by atoms with E-state index in [9.17, 15) is 14.7 Å². The van der Waals surface area contributed by atoms with Crippen LogP contribution < -0.4 is 0 Å². The summed E-state index contributed by atoms with van der Waals surface area (Å²) in [5, 5.41) is 11.5. The first-order valence-electron chi connectivity index (χ1n) is 8.48. The lowest BCUT2D eigenvalue weighted by molar-refractivity contribution is -0.148. The van der Waals surface area contributed by atoms with E-state index in [1.165, 1.54) is 23.3 Å². The average molecular weight is 384 g/mol. The van der Waals surface area contributed by atoms with E-state index in [0.29, 0.717) is 17.3 Å². The number of carbonyl (C=O) groups excluding carboxylic acids is 1. The maximum Gasteiger partial charge on any atom is 0.326 e. The molecule has 0 aliphatic rings. The molecule has 140 valence electrons. The number of benzene rings is 1. The van der Waals surface area contributed by atoms with Crippen molar-refractivity contribution in [2.45, 2.75) is 25.8 Å². The van der Waals surface area contributed by atoms with Gasteiger partial charge in [-0.3, -0.25) is 4.79 Å². The maximum atomic E-state index is 12.7. The van der Waals surface area contributed by atoms with E-state index < -0.39 is 12.0 Å². The molecule has 6 nitrogen and oxygen atoms in total. The summed E-state index contributed by atoms with van der Waals surface area (Å²) in [7, 11) is 1.51. The van der Waals surface area contributed by atoms with Gasteiger partial charge in [-0.1, -0.05) is 36.4 Å². The number of hydrogen-bond acceptors (Lipinski definition) is 5. The molecule has 7 heteroatoms. The second kappa shape index (κ2) is 8.18. The summed E-state index contributed by atoms with van der Waals surface area (Å²) in [5.41, 5.74) is 1.39. The Balaban J connectivity index is 1.73. The molecule has 3 aromatic rings. The Hall–Kier alpha value is -2.93. The van der Waals surface area contributed by atoms with Crippen molar-refractivity contribution >= 4 is 23.2 Å². The van der Waals surface area contributed by atoms with Crippen molar-refractivity contribution in [3.05, 3.63) is 64.9 Å². The number of amides is 1. The number of aliphatic carboxylic acids is 1. The van der Waals surface area contributed by atoms with Crippen molar-refractivity contribution in [3.63, 3.8) is 0 Å². The molecule has 2 heterocycles. The van der Waals surface area contributed by atoms with Crippen LogP contribution in [-0.2, 0) is 22.4 Å². The van der Waals surface area contributed by atoms with Crippen LogP contribution in [0.5, 0.6) is 0 Å². The fraction of sp³-hybridized carbons (Fsp3) is 0.250. The Labute approximate surface area is 161 Å². The minimum absolute atomic E-state index is 0.00419. The molecule has 0 aliphatic carbocycles. The molecule has 0 saturated carbocycles. The predicted octanol–water partition coefficient (Wildman–Crippen LogP) is 3.41. The minimum atomic E-state index is -1.04. The van der Waals surface area contributed by atoms with E-state index in [0.717, 1.165) is 10.4 Å². The number of oxazole rings is 1. The maximum absolute atomic E-state index is 12.7. The monoisotopic (exact) mass is 384 g/mol. The highest BCUT2D eigenvalue weighted by atomic mass is 32.1. The standard InChI is InChI=1S/C20H20N2O4S/c1-13-15(21-19(26-13)17-9-6-10-27-17)12-18(23)22(2)16(20(24)25)11-14-7-4-3-5-8-14/h3-10,16H,11-12H2,1-2H3,(H,24,25). The number of thiophene rings is 1. The summed E-state index contributed by atoms with van der Waals surface area (Å²) in [6.07, 6.45) is 0.242. The molecule has 0 bridgehead atoms. The highest BCUT2D eigenvalue weighted by Gasteiger charge is 2.28. The second-order valence-corrected chi connectivity index (χ2v) is 7.17. The number of carbonyl (C=O) groups is 2. The van der Waals surface area contributed by atoms with E-state index in [2.05, 4.69) is 4.98 Å². The molecule has 1 aromatic carbocycles. The summed E-state index contributed by atoms with van der Waals surface area (Å²) in [6.45, 7) is 1.76. The third-order valence-corrected chi connectivity index (χ3v) is 5.22. The van der Waals surface area contributed by atoms with Crippen LogP contribution in [0.3, 0.4) is 0 Å². The molecule has 0 fully saturated rings.